The Balaban J connectivity index is 2.38. The van der Waals surface area contributed by atoms with Gasteiger partial charge in [-0.1, -0.05) is 19.3 Å². The van der Waals surface area contributed by atoms with Gasteiger partial charge in [0.15, 0.2) is 0 Å². The van der Waals surface area contributed by atoms with E-state index in [1.54, 1.807) is 14.2 Å². The fourth-order valence-electron chi connectivity index (χ4n) is 2.49. The predicted molar refractivity (Wildman–Crippen MR) is 68.2 cm³/mol. The first-order valence-electron chi connectivity index (χ1n) is 6.63. The van der Waals surface area contributed by atoms with Gasteiger partial charge in [-0.3, -0.25) is 4.90 Å². The van der Waals surface area contributed by atoms with E-state index in [0.29, 0.717) is 13.2 Å². The molecule has 0 atom stereocenters. The van der Waals surface area contributed by atoms with Gasteiger partial charge in [0.2, 0.25) is 0 Å². The minimum Gasteiger partial charge on any atom is -0.389 e. The molecule has 0 aliphatic heterocycles. The second-order valence-electron chi connectivity index (χ2n) is 5.05. The maximum atomic E-state index is 10.5. The van der Waals surface area contributed by atoms with Gasteiger partial charge in [0, 0.05) is 33.9 Å². The van der Waals surface area contributed by atoms with Crippen LogP contribution in [0.4, 0.5) is 0 Å². The SMILES string of the molecule is COCCN(CCOC)CC1(O)CCCCC1. The van der Waals surface area contributed by atoms with E-state index in [-0.39, 0.29) is 0 Å². The monoisotopic (exact) mass is 245 g/mol. The molecule has 0 aromatic rings. The van der Waals surface area contributed by atoms with E-state index >= 15 is 0 Å². The van der Waals surface area contributed by atoms with Crippen molar-refractivity contribution in [2.45, 2.75) is 37.7 Å². The van der Waals surface area contributed by atoms with Crippen LogP contribution in [-0.2, 0) is 9.47 Å². The Labute approximate surface area is 105 Å². The molecule has 0 radical (unpaired) electrons. The van der Waals surface area contributed by atoms with Gasteiger partial charge in [-0.15, -0.1) is 0 Å². The third kappa shape index (κ3) is 5.82. The first-order valence-corrected chi connectivity index (χ1v) is 6.63. The van der Waals surface area contributed by atoms with Crippen molar-refractivity contribution in [2.75, 3.05) is 47.1 Å². The van der Waals surface area contributed by atoms with Crippen molar-refractivity contribution in [3.05, 3.63) is 0 Å². The number of methoxy groups -OCH3 is 2. The van der Waals surface area contributed by atoms with Crippen molar-refractivity contribution >= 4 is 0 Å². The molecule has 0 unspecified atom stereocenters. The lowest BCUT2D eigenvalue weighted by atomic mass is 9.84. The van der Waals surface area contributed by atoms with Crippen LogP contribution in [0.1, 0.15) is 32.1 Å². The summed E-state index contributed by atoms with van der Waals surface area (Å²) in [6.45, 7) is 3.89. The third-order valence-electron chi connectivity index (χ3n) is 3.53. The number of hydrogen-bond acceptors (Lipinski definition) is 4. The minimum atomic E-state index is -0.486. The average Bonchev–Trinajstić information content (AvgIpc) is 2.33. The van der Waals surface area contributed by atoms with E-state index in [4.69, 9.17) is 9.47 Å². The van der Waals surface area contributed by atoms with Crippen LogP contribution in [0.25, 0.3) is 0 Å². The van der Waals surface area contributed by atoms with Crippen molar-refractivity contribution in [1.29, 1.82) is 0 Å². The molecular weight excluding hydrogens is 218 g/mol. The standard InChI is InChI=1S/C13H27NO3/c1-16-10-8-14(9-11-17-2)12-13(15)6-4-3-5-7-13/h15H,3-12H2,1-2H3. The Morgan fingerprint density at radius 1 is 1.00 bits per heavy atom. The molecule has 102 valence electrons. The first-order chi connectivity index (χ1) is 8.20. The molecule has 1 aliphatic rings. The lowest BCUT2D eigenvalue weighted by molar-refractivity contribution is -0.0338. The molecule has 0 amide bonds. The molecule has 1 saturated carbocycles. The molecule has 0 bridgehead atoms. The second-order valence-corrected chi connectivity index (χ2v) is 5.05. The quantitative estimate of drug-likeness (QED) is 0.699. The Bertz CT molecular complexity index is 185. The van der Waals surface area contributed by atoms with Crippen LogP contribution in [0.15, 0.2) is 0 Å². The molecule has 0 aromatic carbocycles. The van der Waals surface area contributed by atoms with Gasteiger partial charge in [-0.25, -0.2) is 0 Å². The molecule has 0 saturated heterocycles. The molecule has 1 fully saturated rings. The number of aliphatic hydroxyl groups is 1. The summed E-state index contributed by atoms with van der Waals surface area (Å²) in [5.74, 6) is 0. The van der Waals surface area contributed by atoms with Gasteiger partial charge in [0.1, 0.15) is 0 Å². The number of nitrogens with zero attached hydrogens (tertiary/aromatic N) is 1. The van der Waals surface area contributed by atoms with Gasteiger partial charge in [0.05, 0.1) is 18.8 Å². The lowest BCUT2D eigenvalue weighted by Crippen LogP contribution is -2.46. The highest BCUT2D eigenvalue weighted by Crippen LogP contribution is 2.28. The Hall–Kier alpha value is -0.160. The number of ether oxygens (including phenoxy) is 2. The summed E-state index contributed by atoms with van der Waals surface area (Å²) in [5.41, 5.74) is -0.486. The highest BCUT2D eigenvalue weighted by Gasteiger charge is 2.30. The van der Waals surface area contributed by atoms with E-state index in [2.05, 4.69) is 4.90 Å². The van der Waals surface area contributed by atoms with Crippen molar-refractivity contribution in [3.8, 4) is 0 Å². The van der Waals surface area contributed by atoms with Crippen molar-refractivity contribution in [1.82, 2.24) is 4.90 Å². The van der Waals surface area contributed by atoms with E-state index in [0.717, 1.165) is 45.3 Å². The maximum Gasteiger partial charge on any atom is 0.0774 e. The number of rotatable bonds is 8. The van der Waals surface area contributed by atoms with Gasteiger partial charge in [0.25, 0.3) is 0 Å². The zero-order valence-corrected chi connectivity index (χ0v) is 11.3. The van der Waals surface area contributed by atoms with Crippen molar-refractivity contribution in [3.63, 3.8) is 0 Å². The third-order valence-corrected chi connectivity index (χ3v) is 3.53. The largest absolute Gasteiger partial charge is 0.389 e. The molecule has 0 aromatic heterocycles. The highest BCUT2D eigenvalue weighted by atomic mass is 16.5. The molecule has 1 aliphatic carbocycles. The molecule has 0 spiro atoms. The molecule has 1 N–H and O–H groups in total. The summed E-state index contributed by atoms with van der Waals surface area (Å²) in [4.78, 5) is 2.25. The van der Waals surface area contributed by atoms with Crippen LogP contribution in [-0.4, -0.2) is 62.7 Å². The Morgan fingerprint density at radius 3 is 2.00 bits per heavy atom. The summed E-state index contributed by atoms with van der Waals surface area (Å²) >= 11 is 0. The van der Waals surface area contributed by atoms with E-state index in [9.17, 15) is 5.11 Å². The van der Waals surface area contributed by atoms with Crippen LogP contribution < -0.4 is 0 Å². The Kier molecular flexibility index (Phi) is 7.04. The van der Waals surface area contributed by atoms with E-state index in [1.165, 1.54) is 6.42 Å². The van der Waals surface area contributed by atoms with Gasteiger partial charge >= 0.3 is 0 Å². The molecule has 0 heterocycles. The lowest BCUT2D eigenvalue weighted by Gasteiger charge is -2.37. The van der Waals surface area contributed by atoms with Crippen LogP contribution in [0.5, 0.6) is 0 Å². The zero-order valence-electron chi connectivity index (χ0n) is 11.3. The molecule has 4 heteroatoms. The average molecular weight is 245 g/mol. The second kappa shape index (κ2) is 8.03. The highest BCUT2D eigenvalue weighted by molar-refractivity contribution is 4.85. The summed E-state index contributed by atoms with van der Waals surface area (Å²) in [7, 11) is 3.42. The smallest absolute Gasteiger partial charge is 0.0774 e. The minimum absolute atomic E-state index is 0.486. The molecule has 17 heavy (non-hydrogen) atoms. The molecular formula is C13H27NO3. The Morgan fingerprint density at radius 2 is 1.53 bits per heavy atom. The molecule has 4 nitrogen and oxygen atoms in total. The summed E-state index contributed by atoms with van der Waals surface area (Å²) in [6, 6.07) is 0. The fraction of sp³-hybridized carbons (Fsp3) is 1.00. The number of hydrogen-bond donors (Lipinski definition) is 1. The van der Waals surface area contributed by atoms with E-state index in [1.807, 2.05) is 0 Å². The van der Waals surface area contributed by atoms with Crippen LogP contribution in [0.2, 0.25) is 0 Å². The van der Waals surface area contributed by atoms with Gasteiger partial charge < -0.3 is 14.6 Å². The van der Waals surface area contributed by atoms with Gasteiger partial charge in [-0.2, -0.15) is 0 Å². The van der Waals surface area contributed by atoms with Gasteiger partial charge in [-0.05, 0) is 12.8 Å². The van der Waals surface area contributed by atoms with Crippen LogP contribution in [0, 0.1) is 0 Å². The maximum absolute atomic E-state index is 10.5. The van der Waals surface area contributed by atoms with E-state index < -0.39 is 5.60 Å². The summed E-state index contributed by atoms with van der Waals surface area (Å²) in [6.07, 6.45) is 5.43. The predicted octanol–water partition coefficient (Wildman–Crippen LogP) is 1.28. The summed E-state index contributed by atoms with van der Waals surface area (Å²) < 4.78 is 10.2. The van der Waals surface area contributed by atoms with Crippen LogP contribution in [0.3, 0.4) is 0 Å². The zero-order chi connectivity index (χ0) is 12.6. The fourth-order valence-corrected chi connectivity index (χ4v) is 2.49. The van der Waals surface area contributed by atoms with Crippen LogP contribution >= 0.6 is 0 Å². The first kappa shape index (κ1) is 14.9. The topological polar surface area (TPSA) is 41.9 Å². The van der Waals surface area contributed by atoms with Crippen molar-refractivity contribution < 1.29 is 14.6 Å². The summed E-state index contributed by atoms with van der Waals surface area (Å²) in [5, 5.41) is 10.5. The normalized spacial score (nSPS) is 19.8. The molecule has 1 rings (SSSR count). The van der Waals surface area contributed by atoms with Crippen molar-refractivity contribution in [2.24, 2.45) is 0 Å².